The van der Waals surface area contributed by atoms with Crippen molar-refractivity contribution in [1.82, 2.24) is 15.0 Å². The van der Waals surface area contributed by atoms with Crippen LogP contribution < -0.4 is 0 Å². The Labute approximate surface area is 296 Å². The molecule has 0 atom stereocenters. The van der Waals surface area contributed by atoms with Crippen LogP contribution >= 0.6 is 22.7 Å². The second-order valence-electron chi connectivity index (χ2n) is 12.4. The van der Waals surface area contributed by atoms with Crippen LogP contribution in [0.5, 0.6) is 0 Å². The summed E-state index contributed by atoms with van der Waals surface area (Å²) in [6, 6.07) is 58.0. The average molecular weight is 674 g/mol. The molecule has 10 rings (SSSR count). The third-order valence-electron chi connectivity index (χ3n) is 9.34. The first-order valence-corrected chi connectivity index (χ1v) is 18.2. The molecule has 7 aromatic carbocycles. The Morgan fingerprint density at radius 1 is 0.300 bits per heavy atom. The highest BCUT2D eigenvalue weighted by atomic mass is 32.1. The van der Waals surface area contributed by atoms with Gasteiger partial charge in [0.15, 0.2) is 17.5 Å². The Bertz CT molecular complexity index is 2810. The number of benzene rings is 7. The molecule has 3 nitrogen and oxygen atoms in total. The number of nitrogens with zero attached hydrogens (tertiary/aromatic N) is 3. The van der Waals surface area contributed by atoms with Crippen LogP contribution in [0.25, 0.3) is 96.8 Å². The van der Waals surface area contributed by atoms with Crippen LogP contribution in [0.2, 0.25) is 0 Å². The molecule has 0 saturated carbocycles. The first-order chi connectivity index (χ1) is 24.7. The maximum atomic E-state index is 4.96. The van der Waals surface area contributed by atoms with Crippen molar-refractivity contribution < 1.29 is 0 Å². The van der Waals surface area contributed by atoms with Gasteiger partial charge in [0, 0.05) is 57.0 Å². The van der Waals surface area contributed by atoms with Crippen molar-refractivity contribution in [1.29, 1.82) is 0 Å². The van der Waals surface area contributed by atoms with Gasteiger partial charge in [0.05, 0.1) is 0 Å². The molecule has 0 radical (unpaired) electrons. The molecule has 50 heavy (non-hydrogen) atoms. The zero-order chi connectivity index (χ0) is 33.0. The van der Waals surface area contributed by atoms with Crippen LogP contribution in [-0.4, -0.2) is 15.0 Å². The Morgan fingerprint density at radius 3 is 1.64 bits per heavy atom. The molecule has 0 aliphatic carbocycles. The summed E-state index contributed by atoms with van der Waals surface area (Å²) in [6.45, 7) is 0. The maximum Gasteiger partial charge on any atom is 0.164 e. The summed E-state index contributed by atoms with van der Waals surface area (Å²) in [6.07, 6.45) is 0. The fourth-order valence-corrected chi connectivity index (χ4v) is 9.24. The summed E-state index contributed by atoms with van der Waals surface area (Å²) in [5, 5.41) is 5.24. The van der Waals surface area contributed by atoms with Gasteiger partial charge in [0.25, 0.3) is 0 Å². The predicted octanol–water partition coefficient (Wildman–Crippen LogP) is 12.9. The standard InChI is InChI=1S/C45H27N3S2/c1-3-11-28(12-4-1)43-46-44(29-13-5-2-6-14-29)48-45(47-43)33-16-9-15-30(25-33)31-21-23-36-38-26-32(22-24-40(38)49-41(36)27-31)34-18-10-19-37-35-17-7-8-20-39(35)50-42(34)37/h1-27H. The van der Waals surface area contributed by atoms with E-state index in [1.807, 2.05) is 83.3 Å². The van der Waals surface area contributed by atoms with Crippen molar-refractivity contribution in [2.75, 3.05) is 0 Å². The molecule has 5 heteroatoms. The maximum absolute atomic E-state index is 4.96. The first kappa shape index (κ1) is 29.0. The zero-order valence-electron chi connectivity index (χ0n) is 26.7. The van der Waals surface area contributed by atoms with Crippen LogP contribution in [0.1, 0.15) is 0 Å². The van der Waals surface area contributed by atoms with Gasteiger partial charge in [-0.15, -0.1) is 22.7 Å². The average Bonchev–Trinajstić information content (AvgIpc) is 3.76. The van der Waals surface area contributed by atoms with Crippen molar-refractivity contribution in [3.8, 4) is 56.4 Å². The molecule has 10 aromatic rings. The van der Waals surface area contributed by atoms with Crippen LogP contribution in [-0.2, 0) is 0 Å². The molecule has 0 N–H and O–H groups in total. The summed E-state index contributed by atoms with van der Waals surface area (Å²) in [4.78, 5) is 14.8. The molecular formula is C45H27N3S2. The number of hydrogen-bond donors (Lipinski definition) is 0. The Hall–Kier alpha value is -6.01. The van der Waals surface area contributed by atoms with Gasteiger partial charge in [-0.05, 0) is 52.6 Å². The van der Waals surface area contributed by atoms with E-state index in [1.165, 1.54) is 57.0 Å². The third kappa shape index (κ3) is 4.98. The van der Waals surface area contributed by atoms with E-state index in [9.17, 15) is 0 Å². The lowest BCUT2D eigenvalue weighted by atomic mass is 9.99. The van der Waals surface area contributed by atoms with Gasteiger partial charge in [-0.3, -0.25) is 0 Å². The van der Waals surface area contributed by atoms with Gasteiger partial charge >= 0.3 is 0 Å². The lowest BCUT2D eigenvalue weighted by Crippen LogP contribution is -2.00. The van der Waals surface area contributed by atoms with Gasteiger partial charge in [-0.2, -0.15) is 0 Å². The van der Waals surface area contributed by atoms with Crippen LogP contribution in [0.15, 0.2) is 164 Å². The topological polar surface area (TPSA) is 38.7 Å². The summed E-state index contributed by atoms with van der Waals surface area (Å²) in [5.74, 6) is 1.98. The summed E-state index contributed by atoms with van der Waals surface area (Å²) in [5.41, 5.74) is 7.72. The monoisotopic (exact) mass is 673 g/mol. The van der Waals surface area contributed by atoms with Crippen LogP contribution in [0.3, 0.4) is 0 Å². The minimum Gasteiger partial charge on any atom is -0.208 e. The van der Waals surface area contributed by atoms with Crippen molar-refractivity contribution in [2.45, 2.75) is 0 Å². The molecule has 234 valence electrons. The Balaban J connectivity index is 1.05. The van der Waals surface area contributed by atoms with E-state index in [0.717, 1.165) is 22.3 Å². The fraction of sp³-hybridized carbons (Fsp3) is 0. The van der Waals surface area contributed by atoms with Gasteiger partial charge in [-0.1, -0.05) is 133 Å². The van der Waals surface area contributed by atoms with Crippen molar-refractivity contribution in [2.24, 2.45) is 0 Å². The number of aromatic nitrogens is 3. The summed E-state index contributed by atoms with van der Waals surface area (Å²) < 4.78 is 5.25. The molecule has 0 amide bonds. The molecule has 0 bridgehead atoms. The molecule has 0 fully saturated rings. The lowest BCUT2D eigenvalue weighted by Gasteiger charge is -2.10. The lowest BCUT2D eigenvalue weighted by molar-refractivity contribution is 1.07. The molecule has 0 aliphatic rings. The minimum atomic E-state index is 0.656. The number of hydrogen-bond acceptors (Lipinski definition) is 5. The van der Waals surface area contributed by atoms with E-state index in [0.29, 0.717) is 17.5 Å². The van der Waals surface area contributed by atoms with E-state index in [-0.39, 0.29) is 0 Å². The third-order valence-corrected chi connectivity index (χ3v) is 11.7. The predicted molar refractivity (Wildman–Crippen MR) is 213 cm³/mol. The molecule has 3 aromatic heterocycles. The highest BCUT2D eigenvalue weighted by Crippen LogP contribution is 2.43. The number of rotatable bonds is 5. The van der Waals surface area contributed by atoms with Crippen LogP contribution in [0.4, 0.5) is 0 Å². The first-order valence-electron chi connectivity index (χ1n) is 16.6. The van der Waals surface area contributed by atoms with E-state index in [1.54, 1.807) is 0 Å². The van der Waals surface area contributed by atoms with E-state index >= 15 is 0 Å². The number of fused-ring (bicyclic) bond motifs is 6. The fourth-order valence-electron chi connectivity index (χ4n) is 6.87. The molecule has 0 aliphatic heterocycles. The van der Waals surface area contributed by atoms with Gasteiger partial charge in [0.1, 0.15) is 0 Å². The van der Waals surface area contributed by atoms with Gasteiger partial charge in [-0.25, -0.2) is 15.0 Å². The van der Waals surface area contributed by atoms with Crippen LogP contribution in [0, 0.1) is 0 Å². The van der Waals surface area contributed by atoms with E-state index in [4.69, 9.17) is 15.0 Å². The normalized spacial score (nSPS) is 11.6. The van der Waals surface area contributed by atoms with Crippen molar-refractivity contribution in [3.05, 3.63) is 164 Å². The smallest absolute Gasteiger partial charge is 0.164 e. The largest absolute Gasteiger partial charge is 0.208 e. The zero-order valence-corrected chi connectivity index (χ0v) is 28.4. The van der Waals surface area contributed by atoms with Gasteiger partial charge < -0.3 is 0 Å². The quantitative estimate of drug-likeness (QED) is 0.182. The Morgan fingerprint density at radius 2 is 0.860 bits per heavy atom. The van der Waals surface area contributed by atoms with Gasteiger partial charge in [0.2, 0.25) is 0 Å². The van der Waals surface area contributed by atoms with E-state index in [2.05, 4.69) is 103 Å². The molecule has 0 unspecified atom stereocenters. The second-order valence-corrected chi connectivity index (χ2v) is 14.6. The molecule has 3 heterocycles. The van der Waals surface area contributed by atoms with E-state index < -0.39 is 0 Å². The molecular weight excluding hydrogens is 647 g/mol. The molecule has 0 saturated heterocycles. The molecule has 0 spiro atoms. The SMILES string of the molecule is c1ccc(-c2nc(-c3ccccc3)nc(-c3cccc(-c4ccc5c(c4)sc4ccc(-c6cccc7c6sc6ccccc67)cc45)c3)n2)cc1. The minimum absolute atomic E-state index is 0.656. The Kier molecular flexibility index (Phi) is 6.86. The summed E-state index contributed by atoms with van der Waals surface area (Å²) >= 11 is 3.73. The highest BCUT2D eigenvalue weighted by molar-refractivity contribution is 7.26. The number of thiophene rings is 2. The van der Waals surface area contributed by atoms with Crippen molar-refractivity contribution in [3.63, 3.8) is 0 Å². The highest BCUT2D eigenvalue weighted by Gasteiger charge is 2.15. The second kappa shape index (κ2) is 11.8. The summed E-state index contributed by atoms with van der Waals surface area (Å²) in [7, 11) is 0. The van der Waals surface area contributed by atoms with Crippen molar-refractivity contribution >= 4 is 63.0 Å².